The molecule has 2 aromatic rings. The van der Waals surface area contributed by atoms with Crippen LogP contribution in [0, 0.1) is 22.7 Å². The summed E-state index contributed by atoms with van der Waals surface area (Å²) in [7, 11) is 0. The number of aryl methyl sites for hydroxylation is 2. The molecule has 14 atom stereocenters. The van der Waals surface area contributed by atoms with Crippen molar-refractivity contribution >= 4 is 23.9 Å². The minimum absolute atomic E-state index is 0. The number of phenolic OH excluding ortho intramolecular Hbond substituents is 2. The Hall–Kier alpha value is -3.80. The number of aliphatic hydroxyl groups excluding tert-OH is 2. The maximum atomic E-state index is 14.4. The fourth-order valence-corrected chi connectivity index (χ4v) is 13.2. The molecule has 5 heterocycles. The van der Waals surface area contributed by atoms with Gasteiger partial charge in [-0.05, 0) is 217 Å². The van der Waals surface area contributed by atoms with Crippen molar-refractivity contribution in [3.63, 3.8) is 0 Å². The van der Waals surface area contributed by atoms with Gasteiger partial charge in [0, 0.05) is 12.8 Å². The molecule has 7 rings (SSSR count). The summed E-state index contributed by atoms with van der Waals surface area (Å²) < 4.78 is 38.9. The zero-order valence-electron chi connectivity index (χ0n) is 49.0. The summed E-state index contributed by atoms with van der Waals surface area (Å²) in [5.74, 6) is -3.90. The SMILES string of the molecule is C[C@H]1CC[C@H]2CCC[C@@H](CCCc3cccc(O)c3C(=O)O[C@H](C[C@@H](O)C[C@@H]3CCC[C@H](C(C)(C)C(=O)O)O3)[C@@H](C)CC[C@@H]3CCC[C@H](CCCc4cccc(O)c4C(=O)O[C@@H]1C[C@@H](O)C[C@@H]1CCC[C@H](C(C)(C)C(=O)O)O1)O3)O2.[Cu+2]. The van der Waals surface area contributed by atoms with Crippen molar-refractivity contribution in [2.75, 3.05) is 0 Å². The number of aromatic hydroxyl groups is 2. The van der Waals surface area contributed by atoms with Crippen LogP contribution in [0.3, 0.4) is 0 Å². The molecule has 5 aliphatic heterocycles. The predicted octanol–water partition coefficient (Wildman–Crippen LogP) is 11.6. The molecule has 4 saturated heterocycles. The zero-order chi connectivity index (χ0) is 57.7. The van der Waals surface area contributed by atoms with Gasteiger partial charge < -0.3 is 59.1 Å². The average Bonchev–Trinajstić information content (AvgIpc) is 3.42. The van der Waals surface area contributed by atoms with E-state index in [1.807, 2.05) is 26.0 Å². The second kappa shape index (κ2) is 30.8. The summed E-state index contributed by atoms with van der Waals surface area (Å²) in [5.41, 5.74) is -0.609. The molecule has 2 aromatic carbocycles. The number of carbonyl (C=O) groups is 4. The predicted molar refractivity (Wildman–Crippen MR) is 301 cm³/mol. The van der Waals surface area contributed by atoms with Crippen LogP contribution in [0.15, 0.2) is 36.4 Å². The number of fused-ring (bicyclic) bond motifs is 6. The van der Waals surface area contributed by atoms with Gasteiger partial charge in [0.05, 0.1) is 71.9 Å². The fraction of sp³-hybridized carbons (Fsp3) is 0.750. The van der Waals surface area contributed by atoms with Crippen LogP contribution < -0.4 is 0 Å². The van der Waals surface area contributed by atoms with Gasteiger partial charge in [-0.2, -0.15) is 0 Å². The Morgan fingerprint density at radius 1 is 0.494 bits per heavy atom. The maximum Gasteiger partial charge on any atom is 2.00 e. The molecule has 4 fully saturated rings. The van der Waals surface area contributed by atoms with Crippen LogP contribution in [0.1, 0.15) is 227 Å². The molecule has 1 radical (unpaired) electrons. The van der Waals surface area contributed by atoms with Gasteiger partial charge in [-0.25, -0.2) is 9.59 Å². The normalized spacial score (nSPS) is 31.0. The first-order valence-corrected chi connectivity index (χ1v) is 30.6. The number of benzene rings is 2. The largest absolute Gasteiger partial charge is 2.00 e. The minimum Gasteiger partial charge on any atom is -0.507 e. The van der Waals surface area contributed by atoms with Gasteiger partial charge in [0.25, 0.3) is 0 Å². The van der Waals surface area contributed by atoms with E-state index in [4.69, 9.17) is 28.4 Å². The topological polar surface area (TPSA) is 245 Å². The number of hydrogen-bond donors (Lipinski definition) is 6. The van der Waals surface area contributed by atoms with Crippen molar-refractivity contribution in [1.29, 1.82) is 0 Å². The van der Waals surface area contributed by atoms with Crippen molar-refractivity contribution in [3.05, 3.63) is 58.7 Å². The third kappa shape index (κ3) is 18.6. The van der Waals surface area contributed by atoms with E-state index in [1.165, 1.54) is 12.1 Å². The second-order valence-electron chi connectivity index (χ2n) is 25.7. The monoisotopic (exact) mass is 1180 g/mol. The third-order valence-electron chi connectivity index (χ3n) is 18.6. The number of esters is 2. The summed E-state index contributed by atoms with van der Waals surface area (Å²) in [5, 5.41) is 65.8. The van der Waals surface area contributed by atoms with Gasteiger partial charge in [0.1, 0.15) is 34.8 Å². The molecule has 0 aromatic heterocycles. The minimum atomic E-state index is -1.09. The number of carboxylic acids is 2. The number of cyclic esters (lactones) is 2. The molecule has 0 spiro atoms. The fourth-order valence-electron chi connectivity index (χ4n) is 13.2. The van der Waals surface area contributed by atoms with Crippen molar-refractivity contribution in [2.24, 2.45) is 22.7 Å². The van der Waals surface area contributed by atoms with Crippen LogP contribution in [-0.4, -0.2) is 128 Å². The Balaban J connectivity index is 0.0000106. The molecule has 0 amide bonds. The number of phenols is 2. The number of carboxylic acid groups (broad SMARTS) is 2. The number of aliphatic carboxylic acids is 2. The summed E-state index contributed by atoms with van der Waals surface area (Å²) in [6.45, 7) is 10.7. The zero-order valence-corrected chi connectivity index (χ0v) is 49.9. The quantitative estimate of drug-likeness (QED) is 0.0854. The Labute approximate surface area is 491 Å². The first-order valence-electron chi connectivity index (χ1n) is 30.6. The number of hydrogen-bond acceptors (Lipinski definition) is 14. The van der Waals surface area contributed by atoms with Gasteiger partial charge in [0.15, 0.2) is 0 Å². The maximum absolute atomic E-state index is 14.4. The molecule has 0 unspecified atom stereocenters. The second-order valence-corrected chi connectivity index (χ2v) is 25.7. The molecule has 16 nitrogen and oxygen atoms in total. The number of rotatable bonds is 12. The van der Waals surface area contributed by atoms with Gasteiger partial charge in [-0.15, -0.1) is 0 Å². The van der Waals surface area contributed by atoms with E-state index in [2.05, 4.69) is 0 Å². The van der Waals surface area contributed by atoms with E-state index in [9.17, 15) is 49.8 Å². The molecule has 5 aliphatic rings. The molecule has 457 valence electrons. The van der Waals surface area contributed by atoms with Crippen LogP contribution >= 0.6 is 0 Å². The Kier molecular flexibility index (Phi) is 25.3. The summed E-state index contributed by atoms with van der Waals surface area (Å²) in [6, 6.07) is 10.2. The van der Waals surface area contributed by atoms with Crippen molar-refractivity contribution < 1.29 is 95.3 Å². The molecule has 6 N–H and O–H groups in total. The summed E-state index contributed by atoms with van der Waals surface area (Å²) >= 11 is 0. The smallest absolute Gasteiger partial charge is 0.507 e. The molecule has 4 bridgehead atoms. The Morgan fingerprint density at radius 2 is 0.840 bits per heavy atom. The van der Waals surface area contributed by atoms with Gasteiger partial charge in [-0.3, -0.25) is 9.59 Å². The Morgan fingerprint density at radius 3 is 1.21 bits per heavy atom. The standard InChI is InChI=1S/C64H96O16.Cu/c1-39-31-33-47-23-11-21-45(75-47)19-8-16-42-18-10-28-52(68)58(42)60(70)80-54(38-44(66)36-50-26-14-30-56(78-50)64(5,6)62(73)74)40(2)32-34-48-24-12-22-46(76-48)20-7-15-41-17-9-27-51(67)57(41)59(69)79-53(39)37-43(65)35-49-25-13-29-55(77-49)63(3,4)61(71)72;/h9-10,17-18,27-28,39-40,43-50,53-56,65-68H,7-8,11-16,19-26,29-38H2,1-6H3,(H,71,72)(H,73,74);/q;+2/t39-,40-,43-,44-,45-,46+,47-,48+,49-,50-,53+,54+,55+,56+;/m0./s1. The molecular weight excluding hydrogens is 1090 g/mol. The average molecular weight is 1190 g/mol. The van der Waals surface area contributed by atoms with E-state index >= 15 is 0 Å². The van der Waals surface area contributed by atoms with E-state index < -0.39 is 71.3 Å². The van der Waals surface area contributed by atoms with Crippen molar-refractivity contribution in [2.45, 2.75) is 282 Å². The van der Waals surface area contributed by atoms with Crippen LogP contribution in [0.25, 0.3) is 0 Å². The van der Waals surface area contributed by atoms with E-state index in [-0.39, 0.29) is 114 Å². The number of ether oxygens (including phenoxy) is 6. The summed E-state index contributed by atoms with van der Waals surface area (Å²) in [6.07, 6.45) is 11.7. The molecule has 81 heavy (non-hydrogen) atoms. The van der Waals surface area contributed by atoms with E-state index in [0.717, 1.165) is 64.2 Å². The van der Waals surface area contributed by atoms with E-state index in [0.29, 0.717) is 88.2 Å². The van der Waals surface area contributed by atoms with Crippen LogP contribution in [0.5, 0.6) is 11.5 Å². The number of aliphatic hydroxyl groups is 2. The van der Waals surface area contributed by atoms with Crippen molar-refractivity contribution in [3.8, 4) is 11.5 Å². The van der Waals surface area contributed by atoms with Crippen LogP contribution in [-0.2, 0) is 67.9 Å². The molecular formula is C64H96CuO16+2. The van der Waals surface area contributed by atoms with Gasteiger partial charge in [-0.1, -0.05) is 38.1 Å². The molecule has 0 aliphatic carbocycles. The first-order chi connectivity index (χ1) is 38.1. The third-order valence-corrected chi connectivity index (χ3v) is 18.6. The number of carbonyl (C=O) groups excluding carboxylic acids is 2. The Bertz CT molecular complexity index is 2180. The first kappa shape index (κ1) is 66.3. The van der Waals surface area contributed by atoms with Crippen LogP contribution in [0.4, 0.5) is 0 Å². The van der Waals surface area contributed by atoms with Gasteiger partial charge in [0.2, 0.25) is 0 Å². The van der Waals surface area contributed by atoms with Crippen LogP contribution in [0.2, 0.25) is 0 Å². The summed E-state index contributed by atoms with van der Waals surface area (Å²) in [4.78, 5) is 53.1. The van der Waals surface area contributed by atoms with E-state index in [1.54, 1.807) is 39.8 Å². The van der Waals surface area contributed by atoms with Crippen molar-refractivity contribution in [1.82, 2.24) is 0 Å². The van der Waals surface area contributed by atoms with Gasteiger partial charge >= 0.3 is 40.9 Å². The molecule has 17 heteroatoms. The molecule has 0 saturated carbocycles.